The maximum absolute atomic E-state index is 11.1. The van der Waals surface area contributed by atoms with E-state index in [-0.39, 0.29) is 12.5 Å². The second-order valence-electron chi connectivity index (χ2n) is 4.01. The minimum atomic E-state index is -1.03. The van der Waals surface area contributed by atoms with E-state index in [4.69, 9.17) is 14.6 Å². The number of nitrogens with zero attached hydrogens (tertiary/aromatic N) is 2. The molecule has 19 heavy (non-hydrogen) atoms. The molecular formula is C12H9BrN2O4. The maximum Gasteiger partial charge on any atom is 0.355 e. The van der Waals surface area contributed by atoms with Gasteiger partial charge in [0.1, 0.15) is 10.4 Å². The summed E-state index contributed by atoms with van der Waals surface area (Å²) < 4.78 is 12.4. The molecule has 1 aromatic carbocycles. The lowest BCUT2D eigenvalue weighted by Crippen LogP contribution is -2.05. The van der Waals surface area contributed by atoms with Gasteiger partial charge in [0.2, 0.25) is 6.79 Å². The lowest BCUT2D eigenvalue weighted by Gasteiger charge is -2.04. The van der Waals surface area contributed by atoms with E-state index in [1.807, 2.05) is 6.07 Å². The highest BCUT2D eigenvalue weighted by molar-refractivity contribution is 9.10. The molecular weight excluding hydrogens is 316 g/mol. The zero-order chi connectivity index (χ0) is 13.6. The Morgan fingerprint density at radius 1 is 1.42 bits per heavy atom. The molecule has 0 amide bonds. The summed E-state index contributed by atoms with van der Waals surface area (Å²) in [6, 6.07) is 5.37. The quantitative estimate of drug-likeness (QED) is 0.917. The van der Waals surface area contributed by atoms with Crippen molar-refractivity contribution in [2.45, 2.75) is 0 Å². The Kier molecular flexibility index (Phi) is 2.70. The molecule has 0 radical (unpaired) electrons. The molecule has 1 N–H and O–H groups in total. The zero-order valence-electron chi connectivity index (χ0n) is 9.88. The van der Waals surface area contributed by atoms with Crippen LogP contribution < -0.4 is 9.47 Å². The van der Waals surface area contributed by atoms with E-state index in [1.165, 1.54) is 4.57 Å². The van der Waals surface area contributed by atoms with Gasteiger partial charge < -0.3 is 19.1 Å². The molecule has 0 saturated heterocycles. The number of benzene rings is 1. The first-order valence-electron chi connectivity index (χ1n) is 5.43. The fraction of sp³-hybridized carbons (Fsp3) is 0.167. The molecule has 0 saturated carbocycles. The van der Waals surface area contributed by atoms with E-state index < -0.39 is 5.97 Å². The summed E-state index contributed by atoms with van der Waals surface area (Å²) in [4.78, 5) is 15.4. The van der Waals surface area contributed by atoms with E-state index >= 15 is 0 Å². The third kappa shape index (κ3) is 1.86. The van der Waals surface area contributed by atoms with E-state index in [0.717, 1.165) is 5.56 Å². The van der Waals surface area contributed by atoms with Crippen molar-refractivity contribution in [1.82, 2.24) is 9.55 Å². The van der Waals surface area contributed by atoms with Gasteiger partial charge in [-0.3, -0.25) is 0 Å². The van der Waals surface area contributed by atoms with Crippen LogP contribution in [0.1, 0.15) is 10.5 Å². The average Bonchev–Trinajstić information content (AvgIpc) is 2.92. The number of carbonyl (C=O) groups is 1. The van der Waals surface area contributed by atoms with Crippen molar-refractivity contribution < 1.29 is 19.4 Å². The van der Waals surface area contributed by atoms with Crippen LogP contribution in [-0.4, -0.2) is 27.4 Å². The number of rotatable bonds is 2. The van der Waals surface area contributed by atoms with Crippen LogP contribution in [0.5, 0.6) is 11.5 Å². The normalized spacial score (nSPS) is 12.7. The van der Waals surface area contributed by atoms with E-state index in [2.05, 4.69) is 20.9 Å². The largest absolute Gasteiger partial charge is 0.476 e. The lowest BCUT2D eigenvalue weighted by molar-refractivity contribution is 0.0685. The summed E-state index contributed by atoms with van der Waals surface area (Å²) in [5, 5.41) is 9.13. The minimum absolute atomic E-state index is 0.104. The number of hydrogen-bond acceptors (Lipinski definition) is 4. The molecule has 3 rings (SSSR count). The van der Waals surface area contributed by atoms with Gasteiger partial charge in [0.15, 0.2) is 17.2 Å². The molecule has 0 aliphatic carbocycles. The first-order valence-corrected chi connectivity index (χ1v) is 6.22. The highest BCUT2D eigenvalue weighted by Gasteiger charge is 2.21. The van der Waals surface area contributed by atoms with Crippen LogP contribution in [-0.2, 0) is 7.05 Å². The second kappa shape index (κ2) is 4.27. The van der Waals surface area contributed by atoms with E-state index in [9.17, 15) is 4.79 Å². The van der Waals surface area contributed by atoms with Gasteiger partial charge in [-0.2, -0.15) is 0 Å². The molecule has 1 aliphatic rings. The molecule has 0 fully saturated rings. The van der Waals surface area contributed by atoms with Crippen LogP contribution in [0.3, 0.4) is 0 Å². The monoisotopic (exact) mass is 324 g/mol. The second-order valence-corrected chi connectivity index (χ2v) is 4.76. The molecule has 2 aromatic rings. The summed E-state index contributed by atoms with van der Waals surface area (Å²) in [5.74, 6) is 0.820. The molecule has 0 spiro atoms. The van der Waals surface area contributed by atoms with Gasteiger partial charge in [-0.1, -0.05) is 0 Å². The number of aromatic nitrogens is 2. The third-order valence-corrected chi connectivity index (χ3v) is 3.44. The molecule has 6 nitrogen and oxygen atoms in total. The molecule has 0 atom stereocenters. The van der Waals surface area contributed by atoms with Gasteiger partial charge in [0.05, 0.1) is 0 Å². The van der Waals surface area contributed by atoms with Crippen molar-refractivity contribution in [3.63, 3.8) is 0 Å². The first-order chi connectivity index (χ1) is 9.08. The van der Waals surface area contributed by atoms with Gasteiger partial charge in [0, 0.05) is 12.6 Å². The van der Waals surface area contributed by atoms with Gasteiger partial charge in [-0.15, -0.1) is 0 Å². The summed E-state index contributed by atoms with van der Waals surface area (Å²) >= 11 is 3.16. The van der Waals surface area contributed by atoms with Crippen molar-refractivity contribution in [1.29, 1.82) is 0 Å². The number of imidazole rings is 1. The maximum atomic E-state index is 11.1. The molecule has 0 unspecified atom stereocenters. The fourth-order valence-electron chi connectivity index (χ4n) is 1.99. The van der Waals surface area contributed by atoms with E-state index in [0.29, 0.717) is 21.9 Å². The van der Waals surface area contributed by atoms with Crippen molar-refractivity contribution in [3.8, 4) is 22.9 Å². The summed E-state index contributed by atoms with van der Waals surface area (Å²) in [6.07, 6.45) is 0. The standard InChI is InChI=1S/C12H9BrN2O4/c1-15-9(12(16)17)10(13)14-11(15)6-2-3-7-8(4-6)19-5-18-7/h2-4H,5H2,1H3,(H,16,17). The van der Waals surface area contributed by atoms with Crippen molar-refractivity contribution in [2.24, 2.45) is 7.05 Å². The number of halogens is 1. The third-order valence-electron chi connectivity index (χ3n) is 2.89. The van der Waals surface area contributed by atoms with Gasteiger partial charge in [-0.25, -0.2) is 9.78 Å². The highest BCUT2D eigenvalue weighted by Crippen LogP contribution is 2.36. The summed E-state index contributed by atoms with van der Waals surface area (Å²) in [6.45, 7) is 0.198. The molecule has 98 valence electrons. The number of carboxylic acid groups (broad SMARTS) is 1. The Morgan fingerprint density at radius 2 is 2.16 bits per heavy atom. The molecule has 1 aromatic heterocycles. The number of hydrogen-bond donors (Lipinski definition) is 1. The van der Waals surface area contributed by atoms with Crippen molar-refractivity contribution in [3.05, 3.63) is 28.5 Å². The molecule has 1 aliphatic heterocycles. The van der Waals surface area contributed by atoms with E-state index in [1.54, 1.807) is 19.2 Å². The van der Waals surface area contributed by atoms with Crippen LogP contribution >= 0.6 is 15.9 Å². The minimum Gasteiger partial charge on any atom is -0.476 e. The highest BCUT2D eigenvalue weighted by atomic mass is 79.9. The Hall–Kier alpha value is -2.02. The predicted molar refractivity (Wildman–Crippen MR) is 69.4 cm³/mol. The number of fused-ring (bicyclic) bond motifs is 1. The molecule has 2 heterocycles. The SMILES string of the molecule is Cn1c(-c2ccc3c(c2)OCO3)nc(Br)c1C(=O)O. The molecule has 7 heteroatoms. The van der Waals surface area contributed by atoms with Crippen LogP contribution in [0.15, 0.2) is 22.8 Å². The fourth-order valence-corrected chi connectivity index (χ4v) is 2.59. The van der Waals surface area contributed by atoms with Crippen LogP contribution in [0.25, 0.3) is 11.4 Å². The molecule has 0 bridgehead atoms. The Bertz CT molecular complexity index is 681. The van der Waals surface area contributed by atoms with Crippen LogP contribution in [0, 0.1) is 0 Å². The smallest absolute Gasteiger partial charge is 0.355 e. The number of ether oxygens (including phenoxy) is 2. The van der Waals surface area contributed by atoms with Crippen LogP contribution in [0.2, 0.25) is 0 Å². The Morgan fingerprint density at radius 3 is 2.84 bits per heavy atom. The zero-order valence-corrected chi connectivity index (χ0v) is 11.5. The van der Waals surface area contributed by atoms with Gasteiger partial charge in [-0.05, 0) is 34.1 Å². The summed E-state index contributed by atoms with van der Waals surface area (Å²) in [5.41, 5.74) is 0.868. The Balaban J connectivity index is 2.12. The number of carboxylic acids is 1. The van der Waals surface area contributed by atoms with Gasteiger partial charge >= 0.3 is 5.97 Å². The summed E-state index contributed by atoms with van der Waals surface area (Å²) in [7, 11) is 1.65. The van der Waals surface area contributed by atoms with Gasteiger partial charge in [0.25, 0.3) is 0 Å². The van der Waals surface area contributed by atoms with Crippen LogP contribution in [0.4, 0.5) is 0 Å². The predicted octanol–water partition coefficient (Wildman–Crippen LogP) is 2.28. The Labute approximate surface area is 116 Å². The van der Waals surface area contributed by atoms with Crippen molar-refractivity contribution in [2.75, 3.05) is 6.79 Å². The first kappa shape index (κ1) is 12.0. The average molecular weight is 325 g/mol. The lowest BCUT2D eigenvalue weighted by atomic mass is 10.2. The van der Waals surface area contributed by atoms with Crippen molar-refractivity contribution >= 4 is 21.9 Å². The number of aromatic carboxylic acids is 1. The topological polar surface area (TPSA) is 73.6 Å².